The number of sulfonamides is 1. The molecule has 3 heterocycles. The maximum atomic E-state index is 14.0. The third-order valence-corrected chi connectivity index (χ3v) is 10.7. The average molecular weight is 779 g/mol. The van der Waals surface area contributed by atoms with Gasteiger partial charge in [-0.3, -0.25) is 14.4 Å². The van der Waals surface area contributed by atoms with Gasteiger partial charge in [-0.15, -0.1) is 0 Å². The van der Waals surface area contributed by atoms with Crippen LogP contribution in [0.15, 0.2) is 30.3 Å². The fourth-order valence-corrected chi connectivity index (χ4v) is 7.31. The average Bonchev–Trinajstić information content (AvgIpc) is 3.61. The quantitative estimate of drug-likeness (QED) is 0.171. The number of ketones is 1. The first kappa shape index (κ1) is 41.8. The molecule has 2 N–H and O–H groups in total. The van der Waals surface area contributed by atoms with Gasteiger partial charge >= 0.3 is 18.3 Å². The lowest BCUT2D eigenvalue weighted by Gasteiger charge is -2.34. The molecule has 2 saturated heterocycles. The van der Waals surface area contributed by atoms with E-state index in [0.29, 0.717) is 76.6 Å². The number of halogens is 6. The standard InChI is InChI=1S/C34H44F6N6O6S/c1-52-31(49)22-42-53(50,51)20-16-41-30(48)9-3-6-24-14-18-45(19-15-24)28-21-29(44-32(43-28)34(38,39)40)46-17-4-7-26(46)27(47)8-2-5-23-10-12-25(13-11-23)33(35,36)37/h10-13,21,24,26,42H,2-9,14-20,22H2,1H3,(H,41,48)/t26-/m0/s1. The number of rotatable bonds is 17. The molecule has 2 aliphatic rings. The van der Waals surface area contributed by atoms with E-state index in [0.717, 1.165) is 19.2 Å². The molecule has 1 aromatic carbocycles. The first-order valence-electron chi connectivity index (χ1n) is 17.4. The lowest BCUT2D eigenvalue weighted by molar-refractivity contribution is -0.145. The highest BCUT2D eigenvalue weighted by Gasteiger charge is 2.39. The van der Waals surface area contributed by atoms with Gasteiger partial charge in [0.2, 0.25) is 21.8 Å². The van der Waals surface area contributed by atoms with Crippen LogP contribution in [0.3, 0.4) is 0 Å². The molecule has 0 aliphatic carbocycles. The number of ether oxygens (including phenoxy) is 1. The van der Waals surface area contributed by atoms with E-state index in [9.17, 15) is 49.1 Å². The number of Topliss-reactive ketones (excluding diaryl/α,β-unsaturated/α-hetero) is 1. The second-order valence-electron chi connectivity index (χ2n) is 13.2. The Hall–Kier alpha value is -4.00. The molecule has 53 heavy (non-hydrogen) atoms. The van der Waals surface area contributed by atoms with Crippen molar-refractivity contribution in [3.63, 3.8) is 0 Å². The van der Waals surface area contributed by atoms with Crippen molar-refractivity contribution in [1.82, 2.24) is 20.0 Å². The first-order chi connectivity index (χ1) is 24.9. The van der Waals surface area contributed by atoms with Crippen molar-refractivity contribution >= 4 is 39.3 Å². The van der Waals surface area contributed by atoms with Gasteiger partial charge in [0.1, 0.15) is 18.2 Å². The van der Waals surface area contributed by atoms with Gasteiger partial charge in [0.05, 0.1) is 24.5 Å². The fraction of sp³-hybridized carbons (Fsp3) is 0.618. The number of esters is 1. The number of methoxy groups -OCH3 is 1. The number of aryl methyl sites for hydroxylation is 1. The van der Waals surface area contributed by atoms with Gasteiger partial charge in [0.15, 0.2) is 5.78 Å². The van der Waals surface area contributed by atoms with Gasteiger partial charge < -0.3 is 19.9 Å². The number of alkyl halides is 6. The minimum atomic E-state index is -4.83. The van der Waals surface area contributed by atoms with Gasteiger partial charge in [-0.2, -0.15) is 26.3 Å². The molecule has 1 aromatic heterocycles. The molecule has 2 aliphatic heterocycles. The van der Waals surface area contributed by atoms with Crippen molar-refractivity contribution in [3.05, 3.63) is 47.3 Å². The van der Waals surface area contributed by atoms with Crippen LogP contribution in [0.5, 0.6) is 0 Å². The molecule has 1 atom stereocenters. The van der Waals surface area contributed by atoms with Gasteiger partial charge in [-0.25, -0.2) is 23.1 Å². The predicted octanol–water partition coefficient (Wildman–Crippen LogP) is 4.67. The number of hydrogen-bond donors (Lipinski definition) is 2. The largest absolute Gasteiger partial charge is 0.468 e. The van der Waals surface area contributed by atoms with E-state index >= 15 is 0 Å². The fourth-order valence-electron chi connectivity index (χ4n) is 6.46. The van der Waals surface area contributed by atoms with E-state index in [2.05, 4.69) is 24.7 Å². The number of hydrogen-bond acceptors (Lipinski definition) is 10. The Balaban J connectivity index is 1.27. The molecule has 0 radical (unpaired) electrons. The predicted molar refractivity (Wildman–Crippen MR) is 182 cm³/mol. The third kappa shape index (κ3) is 12.8. The maximum absolute atomic E-state index is 14.0. The van der Waals surface area contributed by atoms with Crippen molar-refractivity contribution in [3.8, 4) is 0 Å². The molecule has 19 heteroatoms. The highest BCUT2D eigenvalue weighted by molar-refractivity contribution is 7.89. The van der Waals surface area contributed by atoms with Crippen LogP contribution in [-0.4, -0.2) is 87.7 Å². The van der Waals surface area contributed by atoms with Crippen LogP contribution < -0.4 is 19.8 Å². The van der Waals surface area contributed by atoms with E-state index in [1.807, 2.05) is 0 Å². The minimum Gasteiger partial charge on any atom is -0.468 e. The van der Waals surface area contributed by atoms with Gasteiger partial charge in [-0.05, 0) is 75.0 Å². The van der Waals surface area contributed by atoms with Crippen LogP contribution in [0, 0.1) is 5.92 Å². The molecular formula is C34H44F6N6O6S. The number of carbonyl (C=O) groups excluding carboxylic acids is 3. The smallest absolute Gasteiger partial charge is 0.451 e. The Morgan fingerprint density at radius 3 is 2.23 bits per heavy atom. The van der Waals surface area contributed by atoms with Crippen LogP contribution in [-0.2, 0) is 47.9 Å². The maximum Gasteiger partial charge on any atom is 0.451 e. The molecule has 0 spiro atoms. The number of carbonyl (C=O) groups is 3. The van der Waals surface area contributed by atoms with Crippen molar-refractivity contribution in [2.24, 2.45) is 5.92 Å². The summed E-state index contributed by atoms with van der Waals surface area (Å²) < 4.78 is 111. The molecular weight excluding hydrogens is 734 g/mol. The monoisotopic (exact) mass is 778 g/mol. The van der Waals surface area contributed by atoms with Crippen LogP contribution in [0.2, 0.25) is 0 Å². The van der Waals surface area contributed by atoms with Gasteiger partial charge in [0.25, 0.3) is 0 Å². The molecule has 0 unspecified atom stereocenters. The molecule has 2 aromatic rings. The van der Waals surface area contributed by atoms with E-state index in [1.54, 1.807) is 9.80 Å². The van der Waals surface area contributed by atoms with E-state index < -0.39 is 58.1 Å². The zero-order chi connectivity index (χ0) is 38.8. The summed E-state index contributed by atoms with van der Waals surface area (Å²) >= 11 is 0. The van der Waals surface area contributed by atoms with Gasteiger partial charge in [0, 0.05) is 45.1 Å². The van der Waals surface area contributed by atoms with Crippen LogP contribution in [0.4, 0.5) is 38.0 Å². The summed E-state index contributed by atoms with van der Waals surface area (Å²) in [5, 5.41) is 2.54. The molecule has 12 nitrogen and oxygen atoms in total. The Morgan fingerprint density at radius 2 is 1.58 bits per heavy atom. The highest BCUT2D eigenvalue weighted by atomic mass is 32.2. The normalized spacial score (nSPS) is 17.2. The lowest BCUT2D eigenvalue weighted by Crippen LogP contribution is -2.38. The van der Waals surface area contributed by atoms with E-state index in [-0.39, 0.29) is 48.6 Å². The zero-order valence-electron chi connectivity index (χ0n) is 29.3. The van der Waals surface area contributed by atoms with Gasteiger partial charge in [-0.1, -0.05) is 12.1 Å². The van der Waals surface area contributed by atoms with E-state index in [4.69, 9.17) is 0 Å². The number of nitrogens with one attached hydrogen (secondary N) is 2. The first-order valence-corrected chi connectivity index (χ1v) is 19.1. The summed E-state index contributed by atoms with van der Waals surface area (Å²) in [5.74, 6) is -2.60. The molecule has 4 rings (SSSR count). The second-order valence-corrected chi connectivity index (χ2v) is 15.1. The zero-order valence-corrected chi connectivity index (χ0v) is 30.1. The Morgan fingerprint density at radius 1 is 0.906 bits per heavy atom. The van der Waals surface area contributed by atoms with Crippen molar-refractivity contribution in [2.75, 3.05) is 55.4 Å². The summed E-state index contributed by atoms with van der Waals surface area (Å²) in [6.07, 6.45) is -4.69. The van der Waals surface area contributed by atoms with Crippen molar-refractivity contribution in [1.29, 1.82) is 0 Å². The SMILES string of the molecule is COC(=O)CNS(=O)(=O)CCNC(=O)CCCC1CCN(c2cc(N3CCC[C@H]3C(=O)CCCc3ccc(C(F)(F)F)cc3)nc(C(F)(F)F)n2)CC1. The Labute approximate surface area is 304 Å². The summed E-state index contributed by atoms with van der Waals surface area (Å²) in [4.78, 5) is 47.6. The van der Waals surface area contributed by atoms with Crippen LogP contribution >= 0.6 is 0 Å². The molecule has 0 saturated carbocycles. The summed E-state index contributed by atoms with van der Waals surface area (Å²) in [6, 6.07) is 5.53. The number of anilines is 2. The lowest BCUT2D eigenvalue weighted by atomic mass is 9.91. The number of benzene rings is 1. The van der Waals surface area contributed by atoms with Crippen molar-refractivity contribution in [2.45, 2.75) is 82.6 Å². The number of aromatic nitrogens is 2. The molecule has 0 bridgehead atoms. The van der Waals surface area contributed by atoms with Crippen LogP contribution in [0.25, 0.3) is 0 Å². The van der Waals surface area contributed by atoms with Crippen molar-refractivity contribution < 1.29 is 53.9 Å². The third-order valence-electron chi connectivity index (χ3n) is 9.35. The van der Waals surface area contributed by atoms with Crippen LogP contribution in [0.1, 0.15) is 74.7 Å². The number of nitrogens with zero attached hydrogens (tertiary/aromatic N) is 4. The Kier molecular flexibility index (Phi) is 14.5. The summed E-state index contributed by atoms with van der Waals surface area (Å²) in [6.45, 7) is 0.545. The minimum absolute atomic E-state index is 0.0149. The number of piperidine rings is 1. The summed E-state index contributed by atoms with van der Waals surface area (Å²) in [5.41, 5.74) is -0.114. The Bertz CT molecular complexity index is 1670. The summed E-state index contributed by atoms with van der Waals surface area (Å²) in [7, 11) is -2.65. The number of amides is 1. The second kappa shape index (κ2) is 18.4. The topological polar surface area (TPSA) is 151 Å². The highest BCUT2D eigenvalue weighted by Crippen LogP contribution is 2.35. The molecule has 1 amide bonds. The van der Waals surface area contributed by atoms with E-state index in [1.165, 1.54) is 18.2 Å². The molecule has 294 valence electrons. The molecule has 2 fully saturated rings.